The van der Waals surface area contributed by atoms with Crippen molar-refractivity contribution in [2.24, 2.45) is 5.73 Å². The van der Waals surface area contributed by atoms with Crippen LogP contribution >= 0.6 is 0 Å². The molecule has 0 amide bonds. The molecule has 0 bridgehead atoms. The minimum Gasteiger partial charge on any atom is -0.347 e. The second-order valence-electron chi connectivity index (χ2n) is 5.59. The highest BCUT2D eigenvalue weighted by molar-refractivity contribution is 5.83. The lowest BCUT2D eigenvalue weighted by molar-refractivity contribution is 0.202. The molecule has 1 unspecified atom stereocenters. The van der Waals surface area contributed by atoms with Crippen molar-refractivity contribution >= 4 is 10.9 Å². The monoisotopic (exact) mass is 257 g/mol. The summed E-state index contributed by atoms with van der Waals surface area (Å²) in [6, 6.07) is 9.06. The molecular formula is C16H23N3. The number of hydrogen-bond acceptors (Lipinski definition) is 2. The zero-order valence-corrected chi connectivity index (χ0v) is 11.7. The van der Waals surface area contributed by atoms with E-state index in [9.17, 15) is 0 Å². The van der Waals surface area contributed by atoms with E-state index in [1.165, 1.54) is 35.9 Å². The average molecular weight is 257 g/mol. The molecule has 1 aliphatic rings. The summed E-state index contributed by atoms with van der Waals surface area (Å²) in [5.74, 6) is 0. The molecule has 0 saturated carbocycles. The fraction of sp³-hybridized carbons (Fsp3) is 0.500. The minimum atomic E-state index is 0.355. The van der Waals surface area contributed by atoms with Gasteiger partial charge in [0.1, 0.15) is 0 Å². The molecule has 1 saturated heterocycles. The van der Waals surface area contributed by atoms with E-state index in [2.05, 4.69) is 46.9 Å². The van der Waals surface area contributed by atoms with Crippen LogP contribution < -0.4 is 5.73 Å². The quantitative estimate of drug-likeness (QED) is 0.917. The molecule has 1 aromatic heterocycles. The number of rotatable bonds is 3. The third-order valence-corrected chi connectivity index (χ3v) is 4.15. The summed E-state index contributed by atoms with van der Waals surface area (Å²) >= 11 is 0. The van der Waals surface area contributed by atoms with Gasteiger partial charge in [0.25, 0.3) is 0 Å². The Hall–Kier alpha value is -1.32. The number of benzene rings is 1. The van der Waals surface area contributed by atoms with Crippen molar-refractivity contribution in [3.05, 3.63) is 36.0 Å². The normalized spacial score (nSPS) is 21.1. The fourth-order valence-corrected chi connectivity index (χ4v) is 3.19. The number of likely N-dealkylation sites (tertiary alicyclic amines) is 1. The molecule has 1 atom stereocenters. The molecule has 0 spiro atoms. The van der Waals surface area contributed by atoms with Crippen molar-refractivity contribution in [1.82, 2.24) is 9.47 Å². The van der Waals surface area contributed by atoms with E-state index in [0.717, 1.165) is 19.6 Å². The molecule has 1 aliphatic heterocycles. The van der Waals surface area contributed by atoms with Crippen LogP contribution in [0.25, 0.3) is 10.9 Å². The van der Waals surface area contributed by atoms with E-state index in [4.69, 9.17) is 5.73 Å². The van der Waals surface area contributed by atoms with Crippen molar-refractivity contribution in [2.45, 2.75) is 38.9 Å². The lowest BCUT2D eigenvalue weighted by Gasteiger charge is -2.30. The Morgan fingerprint density at radius 3 is 2.95 bits per heavy atom. The van der Waals surface area contributed by atoms with E-state index in [1.807, 2.05) is 0 Å². The largest absolute Gasteiger partial charge is 0.347 e. The first-order valence-electron chi connectivity index (χ1n) is 7.32. The van der Waals surface area contributed by atoms with Crippen LogP contribution in [0.4, 0.5) is 0 Å². The third kappa shape index (κ3) is 2.53. The minimum absolute atomic E-state index is 0.355. The molecule has 0 aliphatic carbocycles. The lowest BCUT2D eigenvalue weighted by atomic mass is 10.1. The first kappa shape index (κ1) is 12.7. The molecule has 3 rings (SSSR count). The molecular weight excluding hydrogens is 234 g/mol. The van der Waals surface area contributed by atoms with E-state index >= 15 is 0 Å². The molecule has 3 heteroatoms. The van der Waals surface area contributed by atoms with Gasteiger partial charge < -0.3 is 10.3 Å². The van der Waals surface area contributed by atoms with Crippen LogP contribution in [-0.4, -0.2) is 28.6 Å². The highest BCUT2D eigenvalue weighted by Gasteiger charge is 2.18. The van der Waals surface area contributed by atoms with Crippen molar-refractivity contribution < 1.29 is 0 Å². The summed E-state index contributed by atoms with van der Waals surface area (Å²) in [7, 11) is 0. The van der Waals surface area contributed by atoms with Crippen molar-refractivity contribution in [1.29, 1.82) is 0 Å². The van der Waals surface area contributed by atoms with Gasteiger partial charge in [-0.1, -0.05) is 18.2 Å². The Kier molecular flexibility index (Phi) is 3.58. The Bertz CT molecular complexity index is 558. The van der Waals surface area contributed by atoms with Gasteiger partial charge in [-0.05, 0) is 37.9 Å². The van der Waals surface area contributed by atoms with Crippen LogP contribution in [0.5, 0.6) is 0 Å². The standard InChI is InChI=1S/C16H23N3/c1-2-19-11-13(15-7-3-4-8-16(15)19)10-18-9-5-6-14(17)12-18/h3-4,7-8,11,14H,2,5-6,9-10,12,17H2,1H3. The maximum absolute atomic E-state index is 6.08. The van der Waals surface area contributed by atoms with Crippen molar-refractivity contribution in [3.8, 4) is 0 Å². The molecule has 19 heavy (non-hydrogen) atoms. The van der Waals surface area contributed by atoms with Crippen molar-refractivity contribution in [3.63, 3.8) is 0 Å². The highest BCUT2D eigenvalue weighted by atomic mass is 15.1. The average Bonchev–Trinajstić information content (AvgIpc) is 2.77. The topological polar surface area (TPSA) is 34.2 Å². The van der Waals surface area contributed by atoms with Gasteiger partial charge in [-0.25, -0.2) is 0 Å². The lowest BCUT2D eigenvalue weighted by Crippen LogP contribution is -2.42. The van der Waals surface area contributed by atoms with E-state index < -0.39 is 0 Å². The first-order valence-corrected chi connectivity index (χ1v) is 7.32. The Morgan fingerprint density at radius 1 is 1.32 bits per heavy atom. The maximum atomic E-state index is 6.08. The number of para-hydroxylation sites is 1. The van der Waals surface area contributed by atoms with Gasteiger partial charge in [-0.2, -0.15) is 0 Å². The summed E-state index contributed by atoms with van der Waals surface area (Å²) in [5, 5.41) is 1.39. The van der Waals surface area contributed by atoms with Gasteiger partial charge in [0.05, 0.1) is 0 Å². The Balaban J connectivity index is 1.88. The van der Waals surface area contributed by atoms with Crippen LogP contribution in [-0.2, 0) is 13.1 Å². The Morgan fingerprint density at radius 2 is 2.16 bits per heavy atom. The predicted molar refractivity (Wildman–Crippen MR) is 80.1 cm³/mol. The van der Waals surface area contributed by atoms with Crippen molar-refractivity contribution in [2.75, 3.05) is 13.1 Å². The molecule has 0 radical (unpaired) electrons. The van der Waals surface area contributed by atoms with Crippen LogP contribution in [0.15, 0.2) is 30.5 Å². The third-order valence-electron chi connectivity index (χ3n) is 4.15. The second kappa shape index (κ2) is 5.35. The zero-order valence-electron chi connectivity index (χ0n) is 11.7. The summed E-state index contributed by atoms with van der Waals surface area (Å²) in [6.45, 7) is 6.47. The maximum Gasteiger partial charge on any atom is 0.0483 e. The molecule has 3 nitrogen and oxygen atoms in total. The summed E-state index contributed by atoms with van der Waals surface area (Å²) in [4.78, 5) is 2.50. The van der Waals surface area contributed by atoms with E-state index in [1.54, 1.807) is 0 Å². The number of piperidine rings is 1. The smallest absolute Gasteiger partial charge is 0.0483 e. The van der Waals surface area contributed by atoms with Gasteiger partial charge in [0.15, 0.2) is 0 Å². The summed E-state index contributed by atoms with van der Waals surface area (Å²) < 4.78 is 2.34. The van der Waals surface area contributed by atoms with Crippen LogP contribution in [0.3, 0.4) is 0 Å². The molecule has 2 heterocycles. The first-order chi connectivity index (χ1) is 9.28. The predicted octanol–water partition coefficient (Wildman–Crippen LogP) is 2.58. The van der Waals surface area contributed by atoms with Crippen LogP contribution in [0.2, 0.25) is 0 Å². The van der Waals surface area contributed by atoms with Gasteiger partial charge >= 0.3 is 0 Å². The number of nitrogens with zero attached hydrogens (tertiary/aromatic N) is 2. The Labute approximate surface area is 115 Å². The van der Waals surface area contributed by atoms with Crippen LogP contribution in [0.1, 0.15) is 25.3 Å². The summed E-state index contributed by atoms with van der Waals surface area (Å²) in [5.41, 5.74) is 8.86. The van der Waals surface area contributed by atoms with Gasteiger partial charge in [-0.15, -0.1) is 0 Å². The van der Waals surface area contributed by atoms with Gasteiger partial charge in [-0.3, -0.25) is 4.90 Å². The highest BCUT2D eigenvalue weighted by Crippen LogP contribution is 2.23. The summed E-state index contributed by atoms with van der Waals surface area (Å²) in [6.07, 6.45) is 4.71. The molecule has 1 aromatic carbocycles. The number of aryl methyl sites for hydroxylation is 1. The van der Waals surface area contributed by atoms with Crippen LogP contribution in [0, 0.1) is 0 Å². The molecule has 2 aromatic rings. The fourth-order valence-electron chi connectivity index (χ4n) is 3.19. The van der Waals surface area contributed by atoms with Gasteiger partial charge in [0, 0.05) is 42.8 Å². The number of nitrogens with two attached hydrogens (primary N) is 1. The molecule has 1 fully saturated rings. The second-order valence-corrected chi connectivity index (χ2v) is 5.59. The number of hydrogen-bond donors (Lipinski definition) is 1. The molecule has 102 valence electrons. The van der Waals surface area contributed by atoms with Gasteiger partial charge in [0.2, 0.25) is 0 Å². The molecule has 2 N–H and O–H groups in total. The number of aromatic nitrogens is 1. The number of fused-ring (bicyclic) bond motifs is 1. The van der Waals surface area contributed by atoms with E-state index in [-0.39, 0.29) is 0 Å². The SMILES string of the molecule is CCn1cc(CN2CCCC(N)C2)c2ccccc21. The zero-order chi connectivity index (χ0) is 13.2. The van der Waals surface area contributed by atoms with E-state index in [0.29, 0.717) is 6.04 Å².